The fraction of sp³-hybridized carbons (Fsp3) is 0.263. The number of halogens is 2. The molecule has 0 aliphatic carbocycles. The van der Waals surface area contributed by atoms with Crippen LogP contribution in [0.3, 0.4) is 0 Å². The lowest BCUT2D eigenvalue weighted by Crippen LogP contribution is -2.48. The molecule has 0 spiro atoms. The van der Waals surface area contributed by atoms with Crippen LogP contribution in [-0.2, 0) is 14.8 Å². The average molecular weight is 472 g/mol. The molecule has 8 nitrogen and oxygen atoms in total. The highest BCUT2D eigenvalue weighted by Gasteiger charge is 2.34. The summed E-state index contributed by atoms with van der Waals surface area (Å²) >= 11 is 12.1. The van der Waals surface area contributed by atoms with Crippen LogP contribution in [0.15, 0.2) is 47.4 Å². The molecular formula is C19H19Cl2N3O5S. The van der Waals surface area contributed by atoms with Gasteiger partial charge in [-0.1, -0.05) is 41.4 Å². The number of hydrogen-bond donors (Lipinski definition) is 3. The van der Waals surface area contributed by atoms with E-state index in [1.54, 1.807) is 18.2 Å². The Kier molecular flexibility index (Phi) is 6.87. The molecule has 3 N–H and O–H groups in total. The van der Waals surface area contributed by atoms with Crippen LogP contribution >= 0.6 is 23.2 Å². The Morgan fingerprint density at radius 3 is 2.17 bits per heavy atom. The highest BCUT2D eigenvalue weighted by molar-refractivity contribution is 7.89. The standard InChI is InChI=1S/C19H19Cl2N3O5S/c20-14-5-3-6-15(21)17(14)30(28,29)24-10-8-12(9-11-24)18(26)22-23-19(27)13-4-1-2-7-16(13)25/h1-7,12,25H,8-11H2,(H,22,26)(H,23,27). The van der Waals surface area contributed by atoms with E-state index in [0.717, 1.165) is 0 Å². The molecule has 1 saturated heterocycles. The minimum atomic E-state index is -3.90. The first-order valence-corrected chi connectivity index (χ1v) is 11.2. The SMILES string of the molecule is O=C(NNC(=O)C1CCN(S(=O)(=O)c2c(Cl)cccc2Cl)CC1)c1ccccc1O. The summed E-state index contributed by atoms with van der Waals surface area (Å²) in [7, 11) is -3.90. The van der Waals surface area contributed by atoms with E-state index in [1.165, 1.54) is 28.6 Å². The Morgan fingerprint density at radius 1 is 0.967 bits per heavy atom. The van der Waals surface area contributed by atoms with Gasteiger partial charge in [0.25, 0.3) is 5.91 Å². The van der Waals surface area contributed by atoms with Crippen LogP contribution in [0.2, 0.25) is 10.0 Å². The molecule has 0 atom stereocenters. The fourth-order valence-electron chi connectivity index (χ4n) is 3.17. The zero-order chi connectivity index (χ0) is 21.9. The van der Waals surface area contributed by atoms with Crippen molar-refractivity contribution in [3.63, 3.8) is 0 Å². The first-order valence-electron chi connectivity index (χ1n) is 9.04. The van der Waals surface area contributed by atoms with Crippen molar-refractivity contribution in [1.82, 2.24) is 15.2 Å². The summed E-state index contributed by atoms with van der Waals surface area (Å²) in [5.74, 6) is -1.79. The van der Waals surface area contributed by atoms with Gasteiger partial charge in [0.05, 0.1) is 15.6 Å². The number of carbonyl (C=O) groups is 2. The minimum Gasteiger partial charge on any atom is -0.507 e. The van der Waals surface area contributed by atoms with Gasteiger partial charge in [0, 0.05) is 19.0 Å². The van der Waals surface area contributed by atoms with E-state index >= 15 is 0 Å². The van der Waals surface area contributed by atoms with Gasteiger partial charge in [-0.05, 0) is 37.1 Å². The van der Waals surface area contributed by atoms with Gasteiger partial charge < -0.3 is 5.11 Å². The molecule has 3 rings (SSSR count). The van der Waals surface area contributed by atoms with E-state index in [9.17, 15) is 23.1 Å². The number of para-hydroxylation sites is 1. The number of piperidine rings is 1. The van der Waals surface area contributed by atoms with Crippen LogP contribution in [0.25, 0.3) is 0 Å². The van der Waals surface area contributed by atoms with E-state index in [2.05, 4.69) is 10.9 Å². The second-order valence-corrected chi connectivity index (χ2v) is 9.38. The van der Waals surface area contributed by atoms with Crippen LogP contribution in [0.4, 0.5) is 0 Å². The third kappa shape index (κ3) is 4.70. The van der Waals surface area contributed by atoms with Crippen molar-refractivity contribution in [3.05, 3.63) is 58.1 Å². The molecule has 0 bridgehead atoms. The predicted molar refractivity (Wildman–Crippen MR) is 112 cm³/mol. The third-order valence-corrected chi connectivity index (χ3v) is 7.64. The normalized spacial score (nSPS) is 15.5. The maximum absolute atomic E-state index is 12.9. The second kappa shape index (κ2) is 9.22. The van der Waals surface area contributed by atoms with Crippen LogP contribution in [0, 0.1) is 5.92 Å². The number of nitrogens with zero attached hydrogens (tertiary/aromatic N) is 1. The molecule has 30 heavy (non-hydrogen) atoms. The van der Waals surface area contributed by atoms with E-state index < -0.39 is 27.8 Å². The summed E-state index contributed by atoms with van der Waals surface area (Å²) in [6.07, 6.45) is 0.527. The lowest BCUT2D eigenvalue weighted by atomic mass is 9.98. The van der Waals surface area contributed by atoms with Gasteiger partial charge >= 0.3 is 0 Å². The Labute approximate surface area is 183 Å². The van der Waals surface area contributed by atoms with E-state index in [4.69, 9.17) is 23.2 Å². The number of amides is 2. The number of carbonyl (C=O) groups excluding carboxylic acids is 2. The Balaban J connectivity index is 1.58. The van der Waals surface area contributed by atoms with Crippen LogP contribution < -0.4 is 10.9 Å². The molecule has 1 aliphatic heterocycles. The van der Waals surface area contributed by atoms with Crippen LogP contribution in [0.5, 0.6) is 5.75 Å². The number of hydrazine groups is 1. The lowest BCUT2D eigenvalue weighted by molar-refractivity contribution is -0.126. The molecule has 0 unspecified atom stereocenters. The van der Waals surface area contributed by atoms with Gasteiger partial charge in [-0.2, -0.15) is 4.31 Å². The fourth-order valence-corrected chi connectivity index (χ4v) is 5.73. The van der Waals surface area contributed by atoms with Crippen molar-refractivity contribution < 1.29 is 23.1 Å². The van der Waals surface area contributed by atoms with Crippen molar-refractivity contribution >= 4 is 45.0 Å². The van der Waals surface area contributed by atoms with Crippen molar-refractivity contribution in [2.24, 2.45) is 5.92 Å². The maximum Gasteiger partial charge on any atom is 0.273 e. The summed E-state index contributed by atoms with van der Waals surface area (Å²) < 4.78 is 27.0. The second-order valence-electron chi connectivity index (χ2n) is 6.69. The molecule has 2 amide bonds. The monoisotopic (exact) mass is 471 g/mol. The van der Waals surface area contributed by atoms with Gasteiger partial charge in [-0.15, -0.1) is 0 Å². The highest BCUT2D eigenvalue weighted by atomic mass is 35.5. The molecule has 160 valence electrons. The van der Waals surface area contributed by atoms with Crippen LogP contribution in [-0.4, -0.2) is 42.7 Å². The molecule has 1 fully saturated rings. The number of aromatic hydroxyl groups is 1. The quantitative estimate of drug-likeness (QED) is 0.592. The number of hydrogen-bond acceptors (Lipinski definition) is 5. The first-order chi connectivity index (χ1) is 14.2. The largest absolute Gasteiger partial charge is 0.507 e. The molecule has 2 aromatic rings. The van der Waals surface area contributed by atoms with Crippen LogP contribution in [0.1, 0.15) is 23.2 Å². The molecule has 1 heterocycles. The average Bonchev–Trinajstić information content (AvgIpc) is 2.72. The zero-order valence-corrected chi connectivity index (χ0v) is 18.0. The Morgan fingerprint density at radius 2 is 1.57 bits per heavy atom. The maximum atomic E-state index is 12.9. The van der Waals surface area contributed by atoms with E-state index in [1.807, 2.05) is 0 Å². The molecule has 11 heteroatoms. The predicted octanol–water partition coefficient (Wildman–Crippen LogP) is 2.56. The number of phenolic OH excluding ortho intramolecular Hbond substituents is 1. The van der Waals surface area contributed by atoms with Gasteiger partial charge in [-0.3, -0.25) is 20.4 Å². The lowest BCUT2D eigenvalue weighted by Gasteiger charge is -2.31. The molecule has 0 aromatic heterocycles. The minimum absolute atomic E-state index is 0.0235. The smallest absolute Gasteiger partial charge is 0.273 e. The highest BCUT2D eigenvalue weighted by Crippen LogP contribution is 2.33. The number of rotatable bonds is 4. The van der Waals surface area contributed by atoms with Crippen molar-refractivity contribution in [3.8, 4) is 5.75 Å². The molecule has 0 radical (unpaired) electrons. The van der Waals surface area contributed by atoms with Gasteiger partial charge in [0.2, 0.25) is 15.9 Å². The van der Waals surface area contributed by atoms with E-state index in [0.29, 0.717) is 0 Å². The molecular weight excluding hydrogens is 453 g/mol. The van der Waals surface area contributed by atoms with Gasteiger partial charge in [0.1, 0.15) is 10.6 Å². The third-order valence-electron chi connectivity index (χ3n) is 4.79. The van der Waals surface area contributed by atoms with Crippen molar-refractivity contribution in [2.45, 2.75) is 17.7 Å². The molecule has 1 aliphatic rings. The summed E-state index contributed by atoms with van der Waals surface area (Å²) in [4.78, 5) is 24.3. The Hall–Kier alpha value is -2.33. The number of nitrogens with one attached hydrogen (secondary N) is 2. The number of phenols is 1. The topological polar surface area (TPSA) is 116 Å². The van der Waals surface area contributed by atoms with Crippen molar-refractivity contribution in [1.29, 1.82) is 0 Å². The summed E-state index contributed by atoms with van der Waals surface area (Å²) in [5.41, 5.74) is 4.60. The van der Waals surface area contributed by atoms with E-state index in [-0.39, 0.29) is 52.2 Å². The number of benzene rings is 2. The number of sulfonamides is 1. The summed E-state index contributed by atoms with van der Waals surface area (Å²) in [6.45, 7) is 0.213. The first kappa shape index (κ1) is 22.4. The zero-order valence-electron chi connectivity index (χ0n) is 15.6. The Bertz CT molecular complexity index is 1050. The van der Waals surface area contributed by atoms with Crippen molar-refractivity contribution in [2.75, 3.05) is 13.1 Å². The summed E-state index contributed by atoms with van der Waals surface area (Å²) in [5, 5.41) is 9.75. The summed E-state index contributed by atoms with van der Waals surface area (Å²) in [6, 6.07) is 10.4. The molecule has 2 aromatic carbocycles. The van der Waals surface area contributed by atoms with Gasteiger partial charge in [-0.25, -0.2) is 8.42 Å². The van der Waals surface area contributed by atoms with Gasteiger partial charge in [0.15, 0.2) is 0 Å². The molecule has 0 saturated carbocycles.